The van der Waals surface area contributed by atoms with Gasteiger partial charge in [-0.2, -0.15) is 0 Å². The van der Waals surface area contributed by atoms with Gasteiger partial charge >= 0.3 is 0 Å². The maximum Gasteiger partial charge on any atom is 0.275 e. The number of hydrogen-bond donors (Lipinski definition) is 2. The van der Waals surface area contributed by atoms with Crippen molar-refractivity contribution in [3.05, 3.63) is 112 Å². The van der Waals surface area contributed by atoms with Crippen LogP contribution in [0.25, 0.3) is 6.08 Å². The summed E-state index contributed by atoms with van der Waals surface area (Å²) in [6, 6.07) is 20.7. The van der Waals surface area contributed by atoms with E-state index in [4.69, 9.17) is 30.5 Å². The van der Waals surface area contributed by atoms with E-state index in [-0.39, 0.29) is 12.4 Å². The second kappa shape index (κ2) is 12.1. The molecule has 0 saturated carbocycles. The molecular formula is C31H30ClNO6. The van der Waals surface area contributed by atoms with E-state index in [1.165, 1.54) is 0 Å². The minimum absolute atomic E-state index is 0.102. The molecule has 202 valence electrons. The lowest BCUT2D eigenvalue weighted by atomic mass is 9.99. The Morgan fingerprint density at radius 2 is 1.82 bits per heavy atom. The molecule has 39 heavy (non-hydrogen) atoms. The highest BCUT2D eigenvalue weighted by Crippen LogP contribution is 2.34. The highest BCUT2D eigenvalue weighted by molar-refractivity contribution is 6.35. The van der Waals surface area contributed by atoms with Crippen molar-refractivity contribution in [3.8, 4) is 0 Å². The Morgan fingerprint density at radius 3 is 2.62 bits per heavy atom. The number of aliphatic hydroxyl groups is 1. The summed E-state index contributed by atoms with van der Waals surface area (Å²) in [4.78, 5) is 13.0. The molecule has 0 radical (unpaired) electrons. The average Bonchev–Trinajstić information content (AvgIpc) is 3.49. The standard InChI is InChI=1S/C31H30ClNO6/c1-3-27-38-29-26(37-31(35)30(29)39-27)18-36-16-8-11-20-10-5-7-13-25(20)33-21-14-15-23(24(32)17-21)28(34)22-12-6-4-9-19(22)2/h3-15,17,26,29-31,33,35H,16,18H2,1-2H3/b11-8+,27-3+. The summed E-state index contributed by atoms with van der Waals surface area (Å²) >= 11 is 6.53. The summed E-state index contributed by atoms with van der Waals surface area (Å²) < 4.78 is 22.5. The molecule has 2 fully saturated rings. The van der Waals surface area contributed by atoms with Crippen molar-refractivity contribution in [1.82, 2.24) is 0 Å². The number of ether oxygens (including phenoxy) is 4. The molecular weight excluding hydrogens is 518 g/mol. The lowest BCUT2D eigenvalue weighted by molar-refractivity contribution is -0.150. The van der Waals surface area contributed by atoms with Crippen molar-refractivity contribution in [2.75, 3.05) is 18.5 Å². The van der Waals surface area contributed by atoms with Crippen LogP contribution in [0.15, 0.2) is 84.8 Å². The zero-order valence-electron chi connectivity index (χ0n) is 21.7. The zero-order valence-corrected chi connectivity index (χ0v) is 22.4. The van der Waals surface area contributed by atoms with Crippen molar-refractivity contribution >= 4 is 34.8 Å². The molecule has 2 heterocycles. The second-order valence-electron chi connectivity index (χ2n) is 9.33. The fraction of sp³-hybridized carbons (Fsp3) is 0.258. The minimum atomic E-state index is -1.04. The molecule has 4 unspecified atom stereocenters. The number of carbonyl (C=O) groups is 1. The number of hydrogen-bond acceptors (Lipinski definition) is 7. The molecule has 7 nitrogen and oxygen atoms in total. The molecule has 0 bridgehead atoms. The molecule has 0 aromatic heterocycles. The van der Waals surface area contributed by atoms with Gasteiger partial charge in [-0.25, -0.2) is 0 Å². The lowest BCUT2D eigenvalue weighted by Gasteiger charge is -2.15. The second-order valence-corrected chi connectivity index (χ2v) is 9.74. The number of carbonyl (C=O) groups excluding carboxylic acids is 1. The first-order valence-corrected chi connectivity index (χ1v) is 13.2. The average molecular weight is 548 g/mol. The first-order chi connectivity index (χ1) is 18.9. The fourth-order valence-corrected chi connectivity index (χ4v) is 4.90. The molecule has 2 aliphatic rings. The van der Waals surface area contributed by atoms with Gasteiger partial charge in [0.2, 0.25) is 0 Å². The van der Waals surface area contributed by atoms with Crippen molar-refractivity contribution in [1.29, 1.82) is 0 Å². The van der Waals surface area contributed by atoms with Crippen LogP contribution in [0.4, 0.5) is 11.4 Å². The summed E-state index contributed by atoms with van der Waals surface area (Å²) in [5.41, 5.74) is 4.61. The number of aryl methyl sites for hydroxylation is 1. The Hall–Kier alpha value is -3.62. The SMILES string of the molecule is C/C=C1/OC2C(O)OC(COC/C=C/c3ccccc3Nc3ccc(C(=O)c4ccccc4C)c(Cl)c3)C2O1. The molecule has 8 heteroatoms. The molecule has 3 aromatic rings. The monoisotopic (exact) mass is 547 g/mol. The topological polar surface area (TPSA) is 86.3 Å². The fourth-order valence-electron chi connectivity index (χ4n) is 4.63. The molecule has 3 aromatic carbocycles. The molecule has 5 rings (SSSR count). The zero-order chi connectivity index (χ0) is 27.4. The summed E-state index contributed by atoms with van der Waals surface area (Å²) in [7, 11) is 0. The minimum Gasteiger partial charge on any atom is -0.455 e. The maximum absolute atomic E-state index is 13.0. The van der Waals surface area contributed by atoms with Crippen LogP contribution in [0, 0.1) is 6.92 Å². The van der Waals surface area contributed by atoms with Crippen LogP contribution >= 0.6 is 11.6 Å². The highest BCUT2D eigenvalue weighted by Gasteiger charge is 2.52. The van der Waals surface area contributed by atoms with E-state index >= 15 is 0 Å². The van der Waals surface area contributed by atoms with Gasteiger partial charge in [0, 0.05) is 22.5 Å². The Kier molecular flexibility index (Phi) is 8.33. The summed E-state index contributed by atoms with van der Waals surface area (Å²) in [5, 5.41) is 13.8. The maximum atomic E-state index is 13.0. The Bertz CT molecular complexity index is 1400. The first kappa shape index (κ1) is 27.0. The largest absolute Gasteiger partial charge is 0.455 e. The molecule has 0 spiro atoms. The van der Waals surface area contributed by atoms with Crippen molar-refractivity contribution in [2.45, 2.75) is 38.4 Å². The Balaban J connectivity index is 1.19. The Labute approximate surface area is 232 Å². The van der Waals surface area contributed by atoms with E-state index in [2.05, 4.69) is 5.32 Å². The van der Waals surface area contributed by atoms with Gasteiger partial charge in [0.1, 0.15) is 6.10 Å². The number of para-hydroxylation sites is 1. The van der Waals surface area contributed by atoms with Gasteiger partial charge in [-0.1, -0.05) is 66.2 Å². The predicted molar refractivity (Wildman–Crippen MR) is 150 cm³/mol. The molecule has 4 atom stereocenters. The third-order valence-corrected chi connectivity index (χ3v) is 6.98. The van der Waals surface area contributed by atoms with E-state index < -0.39 is 24.6 Å². The summed E-state index contributed by atoms with van der Waals surface area (Å²) in [5.74, 6) is 0.297. The molecule has 2 saturated heterocycles. The molecule has 2 N–H and O–H groups in total. The number of anilines is 2. The van der Waals surface area contributed by atoms with Crippen LogP contribution in [0.1, 0.15) is 34.0 Å². The van der Waals surface area contributed by atoms with Crippen molar-refractivity contribution in [2.24, 2.45) is 0 Å². The summed E-state index contributed by atoms with van der Waals surface area (Å²) in [6.45, 7) is 4.33. The van der Waals surface area contributed by atoms with Crippen LogP contribution in [-0.4, -0.2) is 48.7 Å². The number of halogens is 1. The molecule has 0 amide bonds. The van der Waals surface area contributed by atoms with Crippen LogP contribution in [0.3, 0.4) is 0 Å². The van der Waals surface area contributed by atoms with Crippen LogP contribution in [-0.2, 0) is 18.9 Å². The van der Waals surface area contributed by atoms with Gasteiger partial charge in [0.05, 0.1) is 18.2 Å². The number of ketones is 1. The van der Waals surface area contributed by atoms with Gasteiger partial charge in [-0.15, -0.1) is 0 Å². The third kappa shape index (κ3) is 6.02. The first-order valence-electron chi connectivity index (χ1n) is 12.8. The van der Waals surface area contributed by atoms with Gasteiger partial charge < -0.3 is 29.4 Å². The number of aliphatic hydroxyl groups excluding tert-OH is 1. The smallest absolute Gasteiger partial charge is 0.275 e. The van der Waals surface area contributed by atoms with Gasteiger partial charge in [-0.3, -0.25) is 4.79 Å². The van der Waals surface area contributed by atoms with E-state index in [9.17, 15) is 9.90 Å². The lowest BCUT2D eigenvalue weighted by Crippen LogP contribution is -2.32. The van der Waals surface area contributed by atoms with Gasteiger partial charge in [0.15, 0.2) is 24.3 Å². The number of nitrogens with one attached hydrogen (secondary N) is 1. The van der Waals surface area contributed by atoms with Crippen LogP contribution in [0.5, 0.6) is 0 Å². The third-order valence-electron chi connectivity index (χ3n) is 6.66. The summed E-state index contributed by atoms with van der Waals surface area (Å²) in [6.07, 6.45) is 3.17. The molecule has 2 aliphatic heterocycles. The molecule has 0 aliphatic carbocycles. The van der Waals surface area contributed by atoms with Crippen LogP contribution < -0.4 is 5.32 Å². The number of allylic oxidation sites excluding steroid dienone is 1. The van der Waals surface area contributed by atoms with Crippen LogP contribution in [0.2, 0.25) is 5.02 Å². The quantitative estimate of drug-likeness (QED) is 0.250. The Morgan fingerprint density at radius 1 is 1.05 bits per heavy atom. The van der Waals surface area contributed by atoms with Gasteiger partial charge in [-0.05, 0) is 55.3 Å². The van der Waals surface area contributed by atoms with Gasteiger partial charge in [0.25, 0.3) is 5.95 Å². The van der Waals surface area contributed by atoms with E-state index in [1.807, 2.05) is 80.6 Å². The number of benzene rings is 3. The number of fused-ring (bicyclic) bond motifs is 1. The van der Waals surface area contributed by atoms with Crippen molar-refractivity contribution < 1.29 is 28.8 Å². The van der Waals surface area contributed by atoms with E-state index in [0.717, 1.165) is 22.5 Å². The number of rotatable bonds is 9. The van der Waals surface area contributed by atoms with E-state index in [1.54, 1.807) is 18.2 Å². The predicted octanol–water partition coefficient (Wildman–Crippen LogP) is 6.02. The van der Waals surface area contributed by atoms with Crippen molar-refractivity contribution in [3.63, 3.8) is 0 Å². The highest BCUT2D eigenvalue weighted by atomic mass is 35.5. The normalized spacial score (nSPS) is 23.0. The van der Waals surface area contributed by atoms with E-state index in [0.29, 0.717) is 28.7 Å².